The fourth-order valence-corrected chi connectivity index (χ4v) is 3.76. The normalized spacial score (nSPS) is 23.6. The Morgan fingerprint density at radius 2 is 1.82 bits per heavy atom. The van der Waals surface area contributed by atoms with E-state index < -0.39 is 0 Å². The minimum Gasteiger partial charge on any atom is -0.390 e. The lowest BCUT2D eigenvalue weighted by atomic mass is 9.99. The quantitative estimate of drug-likeness (QED) is 0.894. The maximum absolute atomic E-state index is 10.3. The molecule has 0 aromatic carbocycles. The average molecular weight is 306 g/mol. The van der Waals surface area contributed by atoms with Gasteiger partial charge in [-0.2, -0.15) is 5.10 Å². The van der Waals surface area contributed by atoms with Gasteiger partial charge in [-0.3, -0.25) is 9.58 Å². The first-order valence-electron chi connectivity index (χ1n) is 8.67. The molecule has 1 aromatic heterocycles. The zero-order chi connectivity index (χ0) is 15.7. The van der Waals surface area contributed by atoms with Crippen LogP contribution < -0.4 is 0 Å². The Kier molecular flexibility index (Phi) is 4.85. The van der Waals surface area contributed by atoms with E-state index in [2.05, 4.69) is 39.5 Å². The van der Waals surface area contributed by atoms with Crippen LogP contribution in [0.4, 0.5) is 0 Å². The van der Waals surface area contributed by atoms with Crippen molar-refractivity contribution in [3.8, 4) is 0 Å². The molecule has 124 valence electrons. The fourth-order valence-electron chi connectivity index (χ4n) is 3.76. The summed E-state index contributed by atoms with van der Waals surface area (Å²) < 4.78 is 2.14. The zero-order valence-corrected chi connectivity index (χ0v) is 14.2. The summed E-state index contributed by atoms with van der Waals surface area (Å²) in [4.78, 5) is 4.77. The Morgan fingerprint density at radius 3 is 2.41 bits per heavy atom. The molecule has 1 N–H and O–H groups in total. The van der Waals surface area contributed by atoms with E-state index >= 15 is 0 Å². The third kappa shape index (κ3) is 3.70. The van der Waals surface area contributed by atoms with Crippen molar-refractivity contribution < 1.29 is 5.11 Å². The monoisotopic (exact) mass is 306 g/mol. The van der Waals surface area contributed by atoms with Gasteiger partial charge in [-0.15, -0.1) is 0 Å². The van der Waals surface area contributed by atoms with Gasteiger partial charge in [0.05, 0.1) is 17.8 Å². The van der Waals surface area contributed by atoms with Gasteiger partial charge >= 0.3 is 0 Å². The maximum Gasteiger partial charge on any atom is 0.0793 e. The van der Waals surface area contributed by atoms with Crippen molar-refractivity contribution in [2.45, 2.75) is 45.8 Å². The largest absolute Gasteiger partial charge is 0.390 e. The Morgan fingerprint density at radius 1 is 1.18 bits per heavy atom. The molecule has 0 amide bonds. The molecule has 0 aliphatic carbocycles. The number of aromatic nitrogens is 2. The van der Waals surface area contributed by atoms with E-state index in [0.29, 0.717) is 6.04 Å². The van der Waals surface area contributed by atoms with Crippen LogP contribution in [0.25, 0.3) is 0 Å². The van der Waals surface area contributed by atoms with E-state index in [1.54, 1.807) is 0 Å². The van der Waals surface area contributed by atoms with Crippen LogP contribution in [-0.4, -0.2) is 70.1 Å². The average Bonchev–Trinajstić information content (AvgIpc) is 2.75. The van der Waals surface area contributed by atoms with E-state index in [9.17, 15) is 5.11 Å². The highest BCUT2D eigenvalue weighted by atomic mass is 16.3. The van der Waals surface area contributed by atoms with Crippen molar-refractivity contribution in [1.29, 1.82) is 0 Å². The number of nitrogens with zero attached hydrogens (tertiary/aromatic N) is 4. The predicted molar refractivity (Wildman–Crippen MR) is 88.0 cm³/mol. The van der Waals surface area contributed by atoms with Crippen LogP contribution in [-0.2, 0) is 0 Å². The van der Waals surface area contributed by atoms with Gasteiger partial charge in [0.25, 0.3) is 0 Å². The molecular formula is C17H30N4O. The molecule has 2 saturated heterocycles. The maximum atomic E-state index is 10.3. The Labute approximate surface area is 133 Å². The van der Waals surface area contributed by atoms with Gasteiger partial charge < -0.3 is 10.0 Å². The lowest BCUT2D eigenvalue weighted by molar-refractivity contribution is 0.0188. The highest BCUT2D eigenvalue weighted by Gasteiger charge is 2.31. The molecule has 22 heavy (non-hydrogen) atoms. The predicted octanol–water partition coefficient (Wildman–Crippen LogP) is 1.45. The summed E-state index contributed by atoms with van der Waals surface area (Å²) in [7, 11) is 0. The van der Waals surface area contributed by atoms with E-state index in [0.717, 1.165) is 50.9 Å². The van der Waals surface area contributed by atoms with Crippen molar-refractivity contribution in [3.05, 3.63) is 17.5 Å². The van der Waals surface area contributed by atoms with Crippen LogP contribution in [0.2, 0.25) is 0 Å². The van der Waals surface area contributed by atoms with Gasteiger partial charge in [-0.25, -0.2) is 0 Å². The Bertz CT molecular complexity index is 487. The molecule has 1 atom stereocenters. The van der Waals surface area contributed by atoms with Crippen molar-refractivity contribution in [3.63, 3.8) is 0 Å². The minimum atomic E-state index is -0.227. The van der Waals surface area contributed by atoms with Crippen molar-refractivity contribution >= 4 is 0 Å². The molecule has 2 aliphatic heterocycles. The standard InChI is InChI=1S/C17H30N4O/c1-13-4-6-19(7-5-13)11-17(22)12-20-9-16(10-20)21-15(3)8-14(2)18-21/h8,13,16-17,22H,4-7,9-12H2,1-3H3. The summed E-state index contributed by atoms with van der Waals surface area (Å²) in [6.45, 7) is 12.4. The Hall–Kier alpha value is -0.910. The van der Waals surface area contributed by atoms with Gasteiger partial charge in [0, 0.05) is 31.9 Å². The summed E-state index contributed by atoms with van der Waals surface area (Å²) in [5.74, 6) is 0.852. The number of likely N-dealkylation sites (tertiary alicyclic amines) is 2. The number of hydrogen-bond acceptors (Lipinski definition) is 4. The van der Waals surface area contributed by atoms with Crippen LogP contribution in [0.3, 0.4) is 0 Å². The van der Waals surface area contributed by atoms with E-state index in [1.807, 2.05) is 6.92 Å². The molecule has 5 heteroatoms. The molecule has 1 unspecified atom stereocenters. The molecule has 0 saturated carbocycles. The number of aliphatic hydroxyl groups is 1. The summed E-state index contributed by atoms with van der Waals surface area (Å²) >= 11 is 0. The Balaban J connectivity index is 1.39. The van der Waals surface area contributed by atoms with Crippen LogP contribution in [0, 0.1) is 19.8 Å². The zero-order valence-electron chi connectivity index (χ0n) is 14.2. The number of β-amino-alcohol motifs (C(OH)–C–C–N with tert-alkyl or cyclic N) is 1. The lowest BCUT2D eigenvalue weighted by Gasteiger charge is -2.41. The summed E-state index contributed by atoms with van der Waals surface area (Å²) in [6.07, 6.45) is 2.32. The first-order valence-corrected chi connectivity index (χ1v) is 8.67. The highest BCUT2D eigenvalue weighted by Crippen LogP contribution is 2.23. The van der Waals surface area contributed by atoms with Crippen molar-refractivity contribution in [2.75, 3.05) is 39.3 Å². The number of hydrogen-bond donors (Lipinski definition) is 1. The molecule has 0 spiro atoms. The van der Waals surface area contributed by atoms with Crippen LogP contribution in [0.15, 0.2) is 6.07 Å². The van der Waals surface area contributed by atoms with Gasteiger partial charge in [0.1, 0.15) is 0 Å². The number of aliphatic hydroxyl groups excluding tert-OH is 1. The molecule has 2 fully saturated rings. The molecule has 0 bridgehead atoms. The van der Waals surface area contributed by atoms with Crippen LogP contribution in [0.1, 0.15) is 37.2 Å². The second kappa shape index (κ2) is 6.69. The van der Waals surface area contributed by atoms with E-state index in [4.69, 9.17) is 0 Å². The summed E-state index contributed by atoms with van der Waals surface area (Å²) in [5.41, 5.74) is 2.33. The third-order valence-electron chi connectivity index (χ3n) is 5.14. The highest BCUT2D eigenvalue weighted by molar-refractivity contribution is 5.09. The smallest absolute Gasteiger partial charge is 0.0793 e. The van der Waals surface area contributed by atoms with Crippen molar-refractivity contribution in [1.82, 2.24) is 19.6 Å². The lowest BCUT2D eigenvalue weighted by Crippen LogP contribution is -2.52. The first kappa shape index (κ1) is 16.0. The van der Waals surface area contributed by atoms with Crippen molar-refractivity contribution in [2.24, 2.45) is 5.92 Å². The first-order chi connectivity index (χ1) is 10.5. The molecule has 2 aliphatic rings. The number of rotatable bonds is 5. The molecule has 5 nitrogen and oxygen atoms in total. The number of piperidine rings is 1. The molecule has 0 radical (unpaired) electrons. The van der Waals surface area contributed by atoms with Gasteiger partial charge in [-0.1, -0.05) is 6.92 Å². The van der Waals surface area contributed by atoms with Gasteiger partial charge in [0.15, 0.2) is 0 Å². The topological polar surface area (TPSA) is 44.5 Å². The van der Waals surface area contributed by atoms with E-state index in [-0.39, 0.29) is 6.10 Å². The minimum absolute atomic E-state index is 0.227. The SMILES string of the molecule is Cc1cc(C)n(C2CN(CC(O)CN3CCC(C)CC3)C2)n1. The van der Waals surface area contributed by atoms with Crippen LogP contribution >= 0.6 is 0 Å². The second-order valence-corrected chi connectivity index (χ2v) is 7.38. The molecular weight excluding hydrogens is 276 g/mol. The number of aryl methyl sites for hydroxylation is 2. The second-order valence-electron chi connectivity index (χ2n) is 7.38. The fraction of sp³-hybridized carbons (Fsp3) is 0.824. The molecule has 1 aromatic rings. The van der Waals surface area contributed by atoms with Gasteiger partial charge in [-0.05, 0) is 51.8 Å². The van der Waals surface area contributed by atoms with Crippen LogP contribution in [0.5, 0.6) is 0 Å². The summed E-state index contributed by atoms with van der Waals surface area (Å²) in [5, 5.41) is 14.9. The third-order valence-corrected chi connectivity index (χ3v) is 5.14. The van der Waals surface area contributed by atoms with E-state index in [1.165, 1.54) is 18.5 Å². The van der Waals surface area contributed by atoms with Gasteiger partial charge in [0.2, 0.25) is 0 Å². The summed E-state index contributed by atoms with van der Waals surface area (Å²) in [6, 6.07) is 2.62. The molecule has 3 rings (SSSR count). The molecule has 3 heterocycles.